The van der Waals surface area contributed by atoms with Gasteiger partial charge in [0.25, 0.3) is 0 Å². The SMILES string of the molecule is N#Cc1nc(NC(=O)Cc2ccc3c(c2)CCC3)[nH]c1C#N. The fraction of sp³-hybridized carbons (Fsp3) is 0.250. The number of fused-ring (bicyclic) bond motifs is 1. The third-order valence-electron chi connectivity index (χ3n) is 3.71. The summed E-state index contributed by atoms with van der Waals surface area (Å²) in [6.45, 7) is 0. The largest absolute Gasteiger partial charge is 0.314 e. The Hall–Kier alpha value is -3.12. The topological polar surface area (TPSA) is 105 Å². The van der Waals surface area contributed by atoms with Crippen LogP contribution in [0.3, 0.4) is 0 Å². The molecule has 0 atom stereocenters. The molecule has 1 heterocycles. The number of rotatable bonds is 3. The third kappa shape index (κ3) is 2.68. The van der Waals surface area contributed by atoms with Gasteiger partial charge < -0.3 is 4.98 Å². The van der Waals surface area contributed by atoms with Crippen molar-refractivity contribution in [3.05, 3.63) is 46.3 Å². The number of amides is 1. The number of H-pyrrole nitrogens is 1. The molecule has 0 saturated carbocycles. The van der Waals surface area contributed by atoms with Gasteiger partial charge in [-0.2, -0.15) is 10.5 Å². The maximum Gasteiger partial charge on any atom is 0.231 e. The Labute approximate surface area is 127 Å². The predicted molar refractivity (Wildman–Crippen MR) is 78.8 cm³/mol. The second-order valence-corrected chi connectivity index (χ2v) is 5.21. The number of nitriles is 2. The highest BCUT2D eigenvalue weighted by Gasteiger charge is 2.14. The van der Waals surface area contributed by atoms with Crippen LogP contribution in [0.25, 0.3) is 0 Å². The number of nitrogens with one attached hydrogen (secondary N) is 2. The minimum Gasteiger partial charge on any atom is -0.314 e. The lowest BCUT2D eigenvalue weighted by molar-refractivity contribution is -0.115. The fourth-order valence-electron chi connectivity index (χ4n) is 2.69. The van der Waals surface area contributed by atoms with E-state index in [4.69, 9.17) is 10.5 Å². The number of carbonyl (C=O) groups is 1. The van der Waals surface area contributed by atoms with Crippen molar-refractivity contribution >= 4 is 11.9 Å². The quantitative estimate of drug-likeness (QED) is 0.899. The van der Waals surface area contributed by atoms with Gasteiger partial charge in [-0.1, -0.05) is 18.2 Å². The Bertz CT molecular complexity index is 791. The molecule has 0 bridgehead atoms. The van der Waals surface area contributed by atoms with Crippen LogP contribution in [-0.4, -0.2) is 15.9 Å². The van der Waals surface area contributed by atoms with Gasteiger partial charge in [-0.3, -0.25) is 10.1 Å². The molecule has 1 aliphatic carbocycles. The average Bonchev–Trinajstić information content (AvgIpc) is 3.12. The molecule has 1 amide bonds. The lowest BCUT2D eigenvalue weighted by Crippen LogP contribution is -2.15. The van der Waals surface area contributed by atoms with Gasteiger partial charge in [0.05, 0.1) is 6.42 Å². The molecule has 6 nitrogen and oxygen atoms in total. The van der Waals surface area contributed by atoms with Gasteiger partial charge in [-0.05, 0) is 36.0 Å². The van der Waals surface area contributed by atoms with E-state index in [0.29, 0.717) is 0 Å². The molecule has 3 rings (SSSR count). The summed E-state index contributed by atoms with van der Waals surface area (Å²) in [4.78, 5) is 18.5. The fourth-order valence-corrected chi connectivity index (χ4v) is 2.69. The molecular formula is C16H13N5O. The molecule has 0 spiro atoms. The van der Waals surface area contributed by atoms with Crippen LogP contribution in [-0.2, 0) is 24.1 Å². The number of hydrogen-bond donors (Lipinski definition) is 2. The molecule has 0 radical (unpaired) electrons. The molecular weight excluding hydrogens is 278 g/mol. The summed E-state index contributed by atoms with van der Waals surface area (Å²) in [5, 5.41) is 20.2. The first-order valence-corrected chi connectivity index (χ1v) is 7.00. The zero-order valence-corrected chi connectivity index (χ0v) is 11.8. The first-order chi connectivity index (χ1) is 10.7. The molecule has 108 valence electrons. The Morgan fingerprint density at radius 2 is 2.09 bits per heavy atom. The number of benzene rings is 1. The zero-order chi connectivity index (χ0) is 15.5. The maximum atomic E-state index is 12.0. The zero-order valence-electron chi connectivity index (χ0n) is 11.8. The van der Waals surface area contributed by atoms with Gasteiger partial charge in [0.1, 0.15) is 12.1 Å². The van der Waals surface area contributed by atoms with Crippen molar-refractivity contribution in [1.82, 2.24) is 9.97 Å². The molecule has 0 unspecified atom stereocenters. The van der Waals surface area contributed by atoms with Gasteiger partial charge in [-0.15, -0.1) is 0 Å². The molecule has 0 aliphatic heterocycles. The van der Waals surface area contributed by atoms with Gasteiger partial charge in [0.2, 0.25) is 11.9 Å². The molecule has 0 fully saturated rings. The number of nitrogens with zero attached hydrogens (tertiary/aromatic N) is 3. The normalized spacial score (nSPS) is 12.3. The van der Waals surface area contributed by atoms with Crippen LogP contribution in [0, 0.1) is 22.7 Å². The molecule has 22 heavy (non-hydrogen) atoms. The summed E-state index contributed by atoms with van der Waals surface area (Å²) < 4.78 is 0. The average molecular weight is 291 g/mol. The molecule has 2 N–H and O–H groups in total. The number of aromatic nitrogens is 2. The predicted octanol–water partition coefficient (Wildman–Crippen LogP) is 1.82. The minimum absolute atomic E-state index is 0.0182. The van der Waals surface area contributed by atoms with Crippen molar-refractivity contribution in [3.63, 3.8) is 0 Å². The van der Waals surface area contributed by atoms with Crippen molar-refractivity contribution in [2.45, 2.75) is 25.7 Å². The van der Waals surface area contributed by atoms with E-state index in [0.717, 1.165) is 18.4 Å². The lowest BCUT2D eigenvalue weighted by atomic mass is 10.0. The van der Waals surface area contributed by atoms with Crippen LogP contribution in [0.2, 0.25) is 0 Å². The smallest absolute Gasteiger partial charge is 0.231 e. The summed E-state index contributed by atoms with van der Waals surface area (Å²) in [5.41, 5.74) is 3.67. The van der Waals surface area contributed by atoms with Crippen LogP contribution in [0.15, 0.2) is 18.2 Å². The monoisotopic (exact) mass is 291 g/mol. The number of aromatic amines is 1. The van der Waals surface area contributed by atoms with Crippen LogP contribution in [0.4, 0.5) is 5.95 Å². The van der Waals surface area contributed by atoms with Crippen molar-refractivity contribution < 1.29 is 4.79 Å². The van der Waals surface area contributed by atoms with Crippen molar-refractivity contribution in [2.24, 2.45) is 0 Å². The number of imidazole rings is 1. The molecule has 1 aromatic heterocycles. The highest BCUT2D eigenvalue weighted by molar-refractivity contribution is 5.90. The van der Waals surface area contributed by atoms with E-state index in [1.165, 1.54) is 17.5 Å². The van der Waals surface area contributed by atoms with E-state index < -0.39 is 0 Å². The van der Waals surface area contributed by atoms with Crippen LogP contribution >= 0.6 is 0 Å². The summed E-state index contributed by atoms with van der Waals surface area (Å²) in [7, 11) is 0. The van der Waals surface area contributed by atoms with Gasteiger partial charge >= 0.3 is 0 Å². The summed E-state index contributed by atoms with van der Waals surface area (Å²) >= 11 is 0. The summed E-state index contributed by atoms with van der Waals surface area (Å²) in [6.07, 6.45) is 3.59. The van der Waals surface area contributed by atoms with Crippen LogP contribution < -0.4 is 5.32 Å². The Balaban J connectivity index is 1.69. The van der Waals surface area contributed by atoms with E-state index in [9.17, 15) is 4.79 Å². The van der Waals surface area contributed by atoms with Crippen LogP contribution in [0.5, 0.6) is 0 Å². The first kappa shape index (κ1) is 13.8. The second-order valence-electron chi connectivity index (χ2n) is 5.21. The summed E-state index contributed by atoms with van der Waals surface area (Å²) in [5.74, 6) is -0.111. The number of aryl methyl sites for hydroxylation is 2. The van der Waals surface area contributed by atoms with Crippen molar-refractivity contribution in [2.75, 3.05) is 5.32 Å². The van der Waals surface area contributed by atoms with Crippen LogP contribution in [0.1, 0.15) is 34.5 Å². The number of carbonyl (C=O) groups excluding carboxylic acids is 1. The Morgan fingerprint density at radius 3 is 2.82 bits per heavy atom. The number of hydrogen-bond acceptors (Lipinski definition) is 4. The van der Waals surface area contributed by atoms with E-state index in [2.05, 4.69) is 27.4 Å². The van der Waals surface area contributed by atoms with E-state index in [1.54, 1.807) is 6.07 Å². The maximum absolute atomic E-state index is 12.0. The highest BCUT2D eigenvalue weighted by Crippen LogP contribution is 2.23. The van der Waals surface area contributed by atoms with Gasteiger partial charge in [-0.25, -0.2) is 4.98 Å². The molecule has 1 aromatic carbocycles. The molecule has 2 aromatic rings. The summed E-state index contributed by atoms with van der Waals surface area (Å²) in [6, 6.07) is 9.75. The Morgan fingerprint density at radius 1 is 1.27 bits per heavy atom. The number of anilines is 1. The molecule has 1 aliphatic rings. The van der Waals surface area contributed by atoms with Crippen molar-refractivity contribution in [1.29, 1.82) is 10.5 Å². The highest BCUT2D eigenvalue weighted by atomic mass is 16.1. The second kappa shape index (κ2) is 5.71. The minimum atomic E-state index is -0.235. The van der Waals surface area contributed by atoms with E-state index in [-0.39, 0.29) is 29.7 Å². The van der Waals surface area contributed by atoms with Crippen molar-refractivity contribution in [3.8, 4) is 12.1 Å². The van der Waals surface area contributed by atoms with E-state index in [1.807, 2.05) is 12.1 Å². The Kier molecular flexibility index (Phi) is 3.59. The first-order valence-electron chi connectivity index (χ1n) is 7.00. The van der Waals surface area contributed by atoms with Gasteiger partial charge in [0.15, 0.2) is 11.4 Å². The van der Waals surface area contributed by atoms with E-state index >= 15 is 0 Å². The third-order valence-corrected chi connectivity index (χ3v) is 3.71. The molecule has 0 saturated heterocycles. The molecule has 6 heteroatoms. The standard InChI is InChI=1S/C16H13N5O/c17-8-13-14(9-18)20-16(19-13)21-15(22)7-10-4-5-11-2-1-3-12(11)6-10/h4-6H,1-3,7H2,(H2,19,20,21,22). The lowest BCUT2D eigenvalue weighted by Gasteiger charge is -2.05. The van der Waals surface area contributed by atoms with Gasteiger partial charge in [0, 0.05) is 0 Å².